The van der Waals surface area contributed by atoms with Crippen LogP contribution in [0.2, 0.25) is 0 Å². The van der Waals surface area contributed by atoms with E-state index in [9.17, 15) is 0 Å². The first kappa shape index (κ1) is 45.8. The average Bonchev–Trinajstić information content (AvgIpc) is 4.45. The molecular weight excluding hydrogens is 1050 g/mol. The Morgan fingerprint density at radius 2 is 0.691 bits per heavy atom. The number of hydrogen-bond acceptors (Lipinski definition) is 10. The number of benzene rings is 8. The molecule has 18 rings (SSSR count). The fourth-order valence-corrected chi connectivity index (χ4v) is 17.4. The van der Waals surface area contributed by atoms with Crippen LogP contribution in [0, 0.1) is 0 Å². The van der Waals surface area contributed by atoms with Crippen molar-refractivity contribution in [3.05, 3.63) is 248 Å². The van der Waals surface area contributed by atoms with Crippen molar-refractivity contribution in [3.63, 3.8) is 0 Å². The molecule has 0 fully saturated rings. The van der Waals surface area contributed by atoms with Crippen LogP contribution < -0.4 is 30.6 Å². The van der Waals surface area contributed by atoms with E-state index in [2.05, 4.69) is 196 Å². The van der Waals surface area contributed by atoms with Crippen LogP contribution in [0.1, 0.15) is 66.8 Å². The van der Waals surface area contributed by atoms with Crippen LogP contribution >= 0.6 is 0 Å². The zero-order valence-corrected chi connectivity index (χ0v) is 47.0. The normalized spacial score (nSPS) is 17.0. The van der Waals surface area contributed by atoms with E-state index in [1.165, 1.54) is 44.5 Å². The zero-order chi connectivity index (χ0) is 52.9. The molecule has 13 heteroatoms. The molecule has 0 saturated carbocycles. The van der Waals surface area contributed by atoms with Crippen molar-refractivity contribution in [2.75, 3.05) is 45.8 Å². The van der Waals surface area contributed by atoms with Gasteiger partial charge in [0.05, 0.1) is 0 Å². The third-order valence-corrected chi connectivity index (χ3v) is 21.3. The molecule has 0 aliphatic carbocycles. The van der Waals surface area contributed by atoms with Gasteiger partial charge in [-0.3, -0.25) is 0 Å². The minimum absolute atomic E-state index is 0.673. The Kier molecular flexibility index (Phi) is 10.0. The summed E-state index contributed by atoms with van der Waals surface area (Å²) in [6.07, 6.45) is 3.85. The van der Waals surface area contributed by atoms with Crippen LogP contribution in [0.4, 0.5) is 34.4 Å². The summed E-state index contributed by atoms with van der Waals surface area (Å²) in [5, 5.41) is 4.27. The van der Waals surface area contributed by atoms with Crippen molar-refractivity contribution in [1.29, 1.82) is 0 Å². The van der Waals surface area contributed by atoms with Gasteiger partial charge in [0.15, 0.2) is 0 Å². The summed E-state index contributed by atoms with van der Waals surface area (Å²) in [4.78, 5) is 45.2. The molecule has 0 atom stereocenters. The summed E-state index contributed by atoms with van der Waals surface area (Å²) in [5.74, 6) is 4.44. The van der Waals surface area contributed by atoms with Gasteiger partial charge in [-0.15, -0.1) is 0 Å². The predicted molar refractivity (Wildman–Crippen MR) is 326 cm³/mol. The van der Waals surface area contributed by atoms with Crippen LogP contribution in [0.25, 0.3) is 21.5 Å². The standard InChI is InChI=1S/C68H52N12.Ga/c1-5-17-45-37-77(33-29-41(45)13-1)53-25-9-21-49-57(53)65-69-61(49)74-66-59-51(23-11-27-55(59)79-35-31-43-15-3-7-19-47(43)39-79)63(71-66)76-68-60-52(24-12-28-56(60)80-36-32-44-16-4-8-20-48(44)40-80)64(72-68)75-67-58-50(62(70-67)73-65)22-10-26-54(58)78-34-30-42-14-2-6-18-46(42)38-78;/h1-28H,29-40H2;/q-2;+2. The Balaban J connectivity index is 0.945. The van der Waals surface area contributed by atoms with E-state index in [0.29, 0.717) is 23.3 Å². The van der Waals surface area contributed by atoms with Crippen LogP contribution in [-0.4, -0.2) is 74.0 Å². The van der Waals surface area contributed by atoms with E-state index in [-0.39, 0.29) is 0 Å². The molecule has 0 spiro atoms. The molecular formula is C68H52GaN12. The van der Waals surface area contributed by atoms with E-state index in [1.54, 1.807) is 0 Å². The molecule has 10 aromatic rings. The summed E-state index contributed by atoms with van der Waals surface area (Å²) in [7, 11) is 0. The van der Waals surface area contributed by atoms with Crippen LogP contribution in [0.3, 0.4) is 0 Å². The first-order chi connectivity index (χ1) is 40.1. The van der Waals surface area contributed by atoms with Crippen molar-refractivity contribution < 1.29 is 0 Å². The number of amidine groups is 4. The molecule has 8 aromatic carbocycles. The molecule has 12 nitrogen and oxygen atoms in total. The number of aliphatic imine (C=N–C) groups is 4. The van der Waals surface area contributed by atoms with Crippen LogP contribution in [0.5, 0.6) is 0 Å². The predicted octanol–water partition coefficient (Wildman–Crippen LogP) is 10.7. The molecule has 0 saturated heterocycles. The Hall–Kier alpha value is -9.04. The second-order valence-corrected chi connectivity index (χ2v) is 25.3. The second kappa shape index (κ2) is 17.7. The molecule has 1 radical (unpaired) electrons. The first-order valence-electron chi connectivity index (χ1n) is 28.6. The SMILES string of the molecule is c1ccc2c(c1)CCN(c1cccc3c1C1=NC3=Nc3c4c(N5CCc6ccccc6C5)cccc4c4[n]3[Ga][n]3c(c5cccc(N6CCc7ccccc7C6)c5c3=NC3=NC(=N4)c4c3cccc4N3CCc4ccccc4C3)=N1)C2. The van der Waals surface area contributed by atoms with Crippen molar-refractivity contribution in [3.8, 4) is 0 Å². The Bertz CT molecular complexity index is 4690. The van der Waals surface area contributed by atoms with Gasteiger partial charge in [0.1, 0.15) is 0 Å². The van der Waals surface area contributed by atoms with Crippen molar-refractivity contribution >= 4 is 97.2 Å². The first-order valence-corrected chi connectivity index (χ1v) is 30.8. The molecule has 10 heterocycles. The molecule has 0 unspecified atom stereocenters. The fourth-order valence-electron chi connectivity index (χ4n) is 14.4. The summed E-state index contributed by atoms with van der Waals surface area (Å²) in [6.45, 7) is 6.76. The van der Waals surface area contributed by atoms with Gasteiger partial charge in [0.2, 0.25) is 0 Å². The monoisotopic (exact) mass is 1110 g/mol. The fraction of sp³-hybridized carbons (Fsp3) is 0.176. The Labute approximate surface area is 476 Å². The van der Waals surface area contributed by atoms with Gasteiger partial charge in [-0.25, -0.2) is 0 Å². The second-order valence-electron chi connectivity index (χ2n) is 22.7. The Morgan fingerprint density at radius 3 is 1.22 bits per heavy atom. The number of rotatable bonds is 4. The maximum atomic E-state index is 5.95. The van der Waals surface area contributed by atoms with Gasteiger partial charge in [-0.05, 0) is 0 Å². The van der Waals surface area contributed by atoms with Crippen molar-refractivity contribution in [1.82, 2.24) is 6.55 Å². The number of anilines is 4. The van der Waals surface area contributed by atoms with Crippen molar-refractivity contribution in [2.45, 2.75) is 51.9 Å². The third kappa shape index (κ3) is 7.04. The molecule has 6 bridgehead atoms. The number of nitrogens with zero attached hydrogens (tertiary/aromatic N) is 12. The topological polar surface area (TPSA) is 97.0 Å². The number of aromatic nitrogens is 2. The minimum atomic E-state index is -1.97. The molecule has 8 aliphatic rings. The molecule has 0 amide bonds. The van der Waals surface area contributed by atoms with Crippen molar-refractivity contribution in [2.24, 2.45) is 30.0 Å². The third-order valence-electron chi connectivity index (χ3n) is 18.3. The van der Waals surface area contributed by atoms with Gasteiger partial charge in [0.25, 0.3) is 0 Å². The van der Waals surface area contributed by atoms with E-state index in [1.807, 2.05) is 0 Å². The quantitative estimate of drug-likeness (QED) is 0.164. The zero-order valence-electron chi connectivity index (χ0n) is 44.6. The summed E-state index contributed by atoms with van der Waals surface area (Å²) in [6, 6.07) is 62.6. The molecule has 387 valence electrons. The summed E-state index contributed by atoms with van der Waals surface area (Å²) >= 11 is -1.97. The summed E-state index contributed by atoms with van der Waals surface area (Å²) < 4.78 is 4.98. The molecule has 2 aromatic heterocycles. The maximum absolute atomic E-state index is 5.95. The van der Waals surface area contributed by atoms with Gasteiger partial charge in [-0.1, -0.05) is 0 Å². The Morgan fingerprint density at radius 1 is 0.296 bits per heavy atom. The van der Waals surface area contributed by atoms with E-state index >= 15 is 0 Å². The number of fused-ring (bicyclic) bond motifs is 18. The van der Waals surface area contributed by atoms with Gasteiger partial charge < -0.3 is 0 Å². The molecule has 8 aliphatic heterocycles. The van der Waals surface area contributed by atoms with E-state index in [0.717, 1.165) is 167 Å². The average molecular weight is 1110 g/mol. The molecule has 81 heavy (non-hydrogen) atoms. The molecule has 0 N–H and O–H groups in total. The van der Waals surface area contributed by atoms with E-state index < -0.39 is 17.9 Å². The van der Waals surface area contributed by atoms with Gasteiger partial charge in [0, 0.05) is 0 Å². The summed E-state index contributed by atoms with van der Waals surface area (Å²) in [5.41, 5.74) is 21.4. The van der Waals surface area contributed by atoms with Crippen LogP contribution in [0.15, 0.2) is 200 Å². The number of hydrogen-bond donors (Lipinski definition) is 0. The van der Waals surface area contributed by atoms with E-state index in [4.69, 9.17) is 30.0 Å². The van der Waals surface area contributed by atoms with Gasteiger partial charge in [-0.2, -0.15) is 0 Å². The van der Waals surface area contributed by atoms with Crippen LogP contribution in [-0.2, 0) is 51.9 Å². The van der Waals surface area contributed by atoms with Gasteiger partial charge >= 0.3 is 479 Å².